The number of benzene rings is 2. The molecule has 142 valence electrons. The van der Waals surface area contributed by atoms with Gasteiger partial charge in [-0.2, -0.15) is 5.26 Å². The van der Waals surface area contributed by atoms with Gasteiger partial charge in [-0.05, 0) is 35.9 Å². The second-order valence-corrected chi connectivity index (χ2v) is 6.95. The third-order valence-corrected chi connectivity index (χ3v) is 4.44. The largest absolute Gasteiger partial charge is 0.452 e. The maximum atomic E-state index is 13.5. The highest BCUT2D eigenvalue weighted by atomic mass is 19.1. The lowest BCUT2D eigenvalue weighted by atomic mass is 9.84. The number of aromatic amines is 1. The van der Waals surface area contributed by atoms with E-state index >= 15 is 0 Å². The molecule has 0 aliphatic carbocycles. The van der Waals surface area contributed by atoms with Crippen LogP contribution in [0.25, 0.3) is 11.3 Å². The summed E-state index contributed by atoms with van der Waals surface area (Å²) < 4.78 is 27.0. The third-order valence-electron chi connectivity index (χ3n) is 4.44. The van der Waals surface area contributed by atoms with Crippen molar-refractivity contribution in [3.05, 3.63) is 76.3 Å². The average Bonchev–Trinajstić information content (AvgIpc) is 2.67. The van der Waals surface area contributed by atoms with E-state index in [2.05, 4.69) is 15.4 Å². The van der Waals surface area contributed by atoms with Crippen LogP contribution in [-0.2, 0) is 5.41 Å². The Labute approximate surface area is 160 Å². The Bertz CT molecular complexity index is 1100. The summed E-state index contributed by atoms with van der Waals surface area (Å²) in [6, 6.07) is 11.9. The van der Waals surface area contributed by atoms with Crippen LogP contribution in [0.3, 0.4) is 0 Å². The topological polar surface area (TPSA) is 87.5 Å². The predicted octanol–water partition coefficient (Wildman–Crippen LogP) is 3.53. The van der Waals surface area contributed by atoms with Crippen molar-refractivity contribution in [2.75, 3.05) is 11.9 Å². The Morgan fingerprint density at radius 3 is 2.57 bits per heavy atom. The van der Waals surface area contributed by atoms with Crippen molar-refractivity contribution >= 4 is 5.95 Å². The number of hydrogen-bond donors (Lipinski definition) is 2. The molecule has 0 radical (unpaired) electrons. The van der Waals surface area contributed by atoms with Crippen LogP contribution in [0.15, 0.2) is 48.7 Å². The van der Waals surface area contributed by atoms with E-state index < -0.39 is 5.82 Å². The number of nitrogens with zero attached hydrogens (tertiary/aromatic N) is 3. The fraction of sp³-hybridized carbons (Fsp3) is 0.200. The van der Waals surface area contributed by atoms with Gasteiger partial charge in [0.1, 0.15) is 29.6 Å². The Morgan fingerprint density at radius 2 is 1.93 bits per heavy atom. The number of hydrogen-bond acceptors (Lipinski definition) is 4. The normalized spacial score (nSPS) is 11.1. The molecule has 2 N–H and O–H groups in total. The zero-order chi connectivity index (χ0) is 20.3. The lowest BCUT2D eigenvalue weighted by molar-refractivity contribution is -0.551. The van der Waals surface area contributed by atoms with Gasteiger partial charge in [-0.25, -0.2) is 13.9 Å². The lowest BCUT2D eigenvalue weighted by Gasteiger charge is -2.23. The van der Waals surface area contributed by atoms with Crippen LogP contribution >= 0.6 is 0 Å². The second-order valence-electron chi connectivity index (χ2n) is 6.95. The standard InChI is InChI=1S/C20H18F2N5O/c1-20(2,15-4-6-16(21)7-5-15)12-25-19-24-11-18(26-27(19)28)13-3-8-17(22)14(9-13)10-23/h3-9,11H,12H2,1-2H3,(H,24,25)(H,26,28)/q+1. The highest BCUT2D eigenvalue weighted by Crippen LogP contribution is 2.23. The minimum Gasteiger partial charge on any atom is -0.269 e. The number of halogens is 2. The average molecular weight is 382 g/mol. The van der Waals surface area contributed by atoms with Crippen molar-refractivity contribution in [3.63, 3.8) is 0 Å². The quantitative estimate of drug-likeness (QED) is 0.661. The minimum atomic E-state index is -0.629. The number of nitrogens with one attached hydrogen (secondary N) is 2. The van der Waals surface area contributed by atoms with Gasteiger partial charge in [-0.15, -0.1) is 0 Å². The van der Waals surface area contributed by atoms with E-state index in [1.807, 2.05) is 13.8 Å². The summed E-state index contributed by atoms with van der Waals surface area (Å²) in [7, 11) is 0. The predicted molar refractivity (Wildman–Crippen MR) is 100.0 cm³/mol. The van der Waals surface area contributed by atoms with Crippen LogP contribution in [0, 0.1) is 27.9 Å². The van der Waals surface area contributed by atoms with E-state index in [0.717, 1.165) is 11.6 Å². The number of nitriles is 1. The molecule has 1 aromatic heterocycles. The molecule has 0 atom stereocenters. The fourth-order valence-corrected chi connectivity index (χ4v) is 2.71. The van der Waals surface area contributed by atoms with Crippen molar-refractivity contribution < 1.29 is 13.3 Å². The first kappa shape index (κ1) is 19.2. The van der Waals surface area contributed by atoms with E-state index in [-0.39, 0.29) is 22.7 Å². The monoisotopic (exact) mass is 382 g/mol. The summed E-state index contributed by atoms with van der Waals surface area (Å²) in [5.74, 6) is -0.880. The number of rotatable bonds is 5. The van der Waals surface area contributed by atoms with E-state index in [9.17, 15) is 13.7 Å². The molecule has 0 fully saturated rings. The molecule has 2 aromatic carbocycles. The molecule has 3 aromatic rings. The van der Waals surface area contributed by atoms with E-state index in [0.29, 0.717) is 22.3 Å². The zero-order valence-electron chi connectivity index (χ0n) is 15.3. The van der Waals surface area contributed by atoms with Crippen molar-refractivity contribution in [1.82, 2.24) is 10.1 Å². The van der Waals surface area contributed by atoms with Crippen molar-refractivity contribution in [2.24, 2.45) is 0 Å². The van der Waals surface area contributed by atoms with Crippen LogP contribution < -0.4 is 9.86 Å². The molecule has 0 bridgehead atoms. The second kappa shape index (κ2) is 7.56. The van der Waals surface area contributed by atoms with Crippen LogP contribution in [0.4, 0.5) is 14.7 Å². The molecule has 0 saturated carbocycles. The molecule has 0 saturated heterocycles. The van der Waals surface area contributed by atoms with Gasteiger partial charge in [-0.1, -0.05) is 35.9 Å². The van der Waals surface area contributed by atoms with Gasteiger partial charge in [0, 0.05) is 11.0 Å². The van der Waals surface area contributed by atoms with Crippen molar-refractivity contribution in [2.45, 2.75) is 19.3 Å². The smallest absolute Gasteiger partial charge is 0.269 e. The van der Waals surface area contributed by atoms with Crippen LogP contribution in [0.1, 0.15) is 25.0 Å². The molecule has 0 amide bonds. The van der Waals surface area contributed by atoms with E-state index in [4.69, 9.17) is 5.26 Å². The van der Waals surface area contributed by atoms with Crippen LogP contribution in [-0.4, -0.2) is 16.6 Å². The molecule has 0 unspecified atom stereocenters. The highest BCUT2D eigenvalue weighted by Gasteiger charge is 2.24. The van der Waals surface area contributed by atoms with Gasteiger partial charge in [0.2, 0.25) is 0 Å². The minimum absolute atomic E-state index is 0.0570. The first-order chi connectivity index (χ1) is 13.3. The number of aromatic nitrogens is 3. The van der Waals surface area contributed by atoms with Gasteiger partial charge in [0.25, 0.3) is 0 Å². The Morgan fingerprint density at radius 1 is 1.21 bits per heavy atom. The summed E-state index contributed by atoms with van der Waals surface area (Å²) in [6.07, 6.45) is 1.43. The molecule has 28 heavy (non-hydrogen) atoms. The molecule has 3 rings (SSSR count). The molecule has 0 spiro atoms. The third kappa shape index (κ3) is 4.04. The SMILES string of the molecule is CC(C)(CNc1ncc(-c2ccc(F)c(C#N)c2)[nH][n+]1=O)c1ccc(F)cc1. The summed E-state index contributed by atoms with van der Waals surface area (Å²) in [6.45, 7) is 4.31. The van der Waals surface area contributed by atoms with Gasteiger partial charge in [0.15, 0.2) is 0 Å². The molecule has 8 heteroatoms. The van der Waals surface area contributed by atoms with Crippen molar-refractivity contribution in [1.29, 1.82) is 5.26 Å². The van der Waals surface area contributed by atoms with Gasteiger partial charge >= 0.3 is 5.95 Å². The fourth-order valence-electron chi connectivity index (χ4n) is 2.71. The van der Waals surface area contributed by atoms with Gasteiger partial charge in [-0.3, -0.25) is 5.32 Å². The summed E-state index contributed by atoms with van der Waals surface area (Å²) >= 11 is 0. The van der Waals surface area contributed by atoms with Crippen LogP contribution in [0.5, 0.6) is 0 Å². The zero-order valence-corrected chi connectivity index (χ0v) is 15.3. The molecule has 0 aliphatic heterocycles. The molecule has 1 heterocycles. The summed E-state index contributed by atoms with van der Waals surface area (Å²) in [5, 5.41) is 14.5. The molecule has 6 nitrogen and oxygen atoms in total. The molecular formula is C20H18F2N5O+. The lowest BCUT2D eigenvalue weighted by Crippen LogP contribution is -2.33. The molecular weight excluding hydrogens is 364 g/mol. The Kier molecular flexibility index (Phi) is 5.18. The summed E-state index contributed by atoms with van der Waals surface area (Å²) in [5.41, 5.74) is 1.23. The van der Waals surface area contributed by atoms with Gasteiger partial charge < -0.3 is 0 Å². The first-order valence-electron chi connectivity index (χ1n) is 8.52. The van der Waals surface area contributed by atoms with Gasteiger partial charge in [0.05, 0.1) is 16.7 Å². The number of anilines is 1. The molecule has 0 aliphatic rings. The Balaban J connectivity index is 1.79. The Hall–Kier alpha value is -3.60. The van der Waals surface area contributed by atoms with E-state index in [1.54, 1.807) is 18.2 Å². The number of H-pyrrole nitrogens is 1. The summed E-state index contributed by atoms with van der Waals surface area (Å²) in [4.78, 5) is 16.4. The van der Waals surface area contributed by atoms with Crippen LogP contribution in [0.2, 0.25) is 0 Å². The first-order valence-corrected chi connectivity index (χ1v) is 8.52. The van der Waals surface area contributed by atoms with Crippen molar-refractivity contribution in [3.8, 4) is 17.3 Å². The van der Waals surface area contributed by atoms with E-state index in [1.165, 1.54) is 30.5 Å². The maximum absolute atomic E-state index is 13.5. The highest BCUT2D eigenvalue weighted by molar-refractivity contribution is 5.60. The maximum Gasteiger partial charge on any atom is 0.452 e.